The molecule has 4 atom stereocenters. The summed E-state index contributed by atoms with van der Waals surface area (Å²) in [6.07, 6.45) is 2.21. The molecule has 0 spiro atoms. The molecular weight excluding hydrogens is 548 g/mol. The Morgan fingerprint density at radius 3 is 1.98 bits per heavy atom. The van der Waals surface area contributed by atoms with Crippen molar-refractivity contribution in [2.45, 2.75) is 75.5 Å². The zero-order chi connectivity index (χ0) is 31.2. The number of amides is 5. The van der Waals surface area contributed by atoms with Gasteiger partial charge in [0.25, 0.3) is 0 Å². The van der Waals surface area contributed by atoms with Crippen LogP contribution in [0.3, 0.4) is 0 Å². The van der Waals surface area contributed by atoms with E-state index in [9.17, 15) is 33.9 Å². The summed E-state index contributed by atoms with van der Waals surface area (Å²) in [5, 5.41) is 17.7. The number of aromatic amines is 1. The van der Waals surface area contributed by atoms with Crippen molar-refractivity contribution in [3.63, 3.8) is 0 Å². The second-order valence-corrected chi connectivity index (χ2v) is 9.99. The van der Waals surface area contributed by atoms with E-state index in [1.54, 1.807) is 6.20 Å². The maximum absolute atomic E-state index is 13.6. The average molecular weight is 589 g/mol. The van der Waals surface area contributed by atoms with Crippen LogP contribution in [0.5, 0.6) is 0 Å². The number of carboxylic acids is 1. The lowest BCUT2D eigenvalue weighted by atomic mass is 10.0. The molecule has 15 heteroatoms. The van der Waals surface area contributed by atoms with Crippen molar-refractivity contribution in [1.82, 2.24) is 20.9 Å². The number of carbonyl (C=O) groups excluding carboxylic acids is 5. The van der Waals surface area contributed by atoms with Crippen molar-refractivity contribution in [1.29, 1.82) is 0 Å². The van der Waals surface area contributed by atoms with Crippen LogP contribution in [0.25, 0.3) is 10.9 Å². The van der Waals surface area contributed by atoms with Crippen LogP contribution in [0.1, 0.15) is 50.5 Å². The summed E-state index contributed by atoms with van der Waals surface area (Å²) >= 11 is 0. The third kappa shape index (κ3) is 10.8. The number of aliphatic carboxylic acids is 1. The summed E-state index contributed by atoms with van der Waals surface area (Å²) in [6.45, 7) is 0.444. The topological polar surface area (TPSA) is 279 Å². The molecule has 13 N–H and O–H groups in total. The molecule has 0 aliphatic heterocycles. The van der Waals surface area contributed by atoms with Crippen LogP contribution in [-0.4, -0.2) is 76.3 Å². The molecule has 230 valence electrons. The molecule has 0 aliphatic rings. The number of primary amides is 2. The number of carbonyl (C=O) groups is 6. The van der Waals surface area contributed by atoms with Crippen molar-refractivity contribution in [3.8, 4) is 0 Å². The fourth-order valence-electron chi connectivity index (χ4n) is 4.29. The quantitative estimate of drug-likeness (QED) is 0.0839. The van der Waals surface area contributed by atoms with Gasteiger partial charge in [-0.1, -0.05) is 24.6 Å². The highest BCUT2D eigenvalue weighted by molar-refractivity contribution is 5.95. The molecule has 0 saturated carbocycles. The minimum Gasteiger partial charge on any atom is -0.480 e. The number of benzene rings is 1. The van der Waals surface area contributed by atoms with Crippen molar-refractivity contribution in [2.24, 2.45) is 22.9 Å². The van der Waals surface area contributed by atoms with Crippen LogP contribution in [0.15, 0.2) is 30.5 Å². The number of nitrogens with two attached hydrogens (primary N) is 4. The fourth-order valence-corrected chi connectivity index (χ4v) is 4.29. The van der Waals surface area contributed by atoms with Crippen LogP contribution in [0.2, 0.25) is 0 Å². The molecule has 15 nitrogen and oxygen atoms in total. The predicted octanol–water partition coefficient (Wildman–Crippen LogP) is -1.76. The molecule has 0 fully saturated rings. The number of aromatic nitrogens is 1. The molecular formula is C27H40N8O7. The first-order chi connectivity index (χ1) is 19.9. The van der Waals surface area contributed by atoms with Gasteiger partial charge in [0, 0.05) is 36.4 Å². The largest absolute Gasteiger partial charge is 0.480 e. The van der Waals surface area contributed by atoms with Crippen molar-refractivity contribution in [3.05, 3.63) is 36.0 Å². The standard InChI is InChI=1S/C27H40N8O7/c28-12-4-3-6-17(29)24(38)35-21(13-15-14-32-18-7-2-1-5-16(15)18)26(40)33-19(8-10-22(30)36)25(39)34-20(27(41)42)9-11-23(31)37/h1-2,5,7,14,17,19-21,32H,3-4,6,8-13,28-29H2,(H2,30,36)(H2,31,37)(H,33,40)(H,34,39)(H,35,38)(H,41,42). The van der Waals surface area contributed by atoms with Gasteiger partial charge < -0.3 is 49.0 Å². The Hall–Kier alpha value is -4.50. The zero-order valence-corrected chi connectivity index (χ0v) is 23.3. The van der Waals surface area contributed by atoms with Gasteiger partial charge in [0.1, 0.15) is 18.1 Å². The SMILES string of the molecule is NCCCCC(N)C(=O)NC(Cc1c[nH]c2ccccc12)C(=O)NC(CCC(N)=O)C(=O)NC(CCC(N)=O)C(=O)O. The van der Waals surface area contributed by atoms with Crippen LogP contribution in [0.4, 0.5) is 0 Å². The third-order valence-electron chi connectivity index (χ3n) is 6.64. The summed E-state index contributed by atoms with van der Waals surface area (Å²) < 4.78 is 0. The van der Waals surface area contributed by atoms with Gasteiger partial charge in [-0.15, -0.1) is 0 Å². The normalized spacial score (nSPS) is 13.9. The second-order valence-electron chi connectivity index (χ2n) is 9.99. The van der Waals surface area contributed by atoms with Crippen molar-refractivity contribution in [2.75, 3.05) is 6.54 Å². The first-order valence-electron chi connectivity index (χ1n) is 13.6. The van der Waals surface area contributed by atoms with Gasteiger partial charge in [0.15, 0.2) is 0 Å². The summed E-state index contributed by atoms with van der Waals surface area (Å²) in [4.78, 5) is 76.9. The Bertz CT molecular complexity index is 1260. The zero-order valence-electron chi connectivity index (χ0n) is 23.3. The Morgan fingerprint density at radius 2 is 1.36 bits per heavy atom. The van der Waals surface area contributed by atoms with Crippen LogP contribution < -0.4 is 38.9 Å². The van der Waals surface area contributed by atoms with Gasteiger partial charge in [-0.2, -0.15) is 0 Å². The lowest BCUT2D eigenvalue weighted by molar-refractivity contribution is -0.142. The molecule has 0 aliphatic carbocycles. The van der Waals surface area contributed by atoms with E-state index in [2.05, 4.69) is 20.9 Å². The highest BCUT2D eigenvalue weighted by Gasteiger charge is 2.31. The third-order valence-corrected chi connectivity index (χ3v) is 6.64. The van der Waals surface area contributed by atoms with E-state index >= 15 is 0 Å². The molecule has 0 radical (unpaired) electrons. The highest BCUT2D eigenvalue weighted by Crippen LogP contribution is 2.19. The molecule has 1 heterocycles. The average Bonchev–Trinajstić information content (AvgIpc) is 3.34. The molecule has 2 aromatic rings. The van der Waals surface area contributed by atoms with Gasteiger partial charge >= 0.3 is 5.97 Å². The van der Waals surface area contributed by atoms with Gasteiger partial charge in [0.05, 0.1) is 6.04 Å². The van der Waals surface area contributed by atoms with E-state index in [-0.39, 0.29) is 32.1 Å². The number of unbranched alkanes of at least 4 members (excludes halogenated alkanes) is 1. The number of fused-ring (bicyclic) bond motifs is 1. The van der Waals surface area contributed by atoms with E-state index in [1.807, 2.05) is 24.3 Å². The molecule has 4 unspecified atom stereocenters. The lowest BCUT2D eigenvalue weighted by Crippen LogP contribution is -2.57. The highest BCUT2D eigenvalue weighted by atomic mass is 16.4. The van der Waals surface area contributed by atoms with Crippen molar-refractivity contribution < 1.29 is 33.9 Å². The van der Waals surface area contributed by atoms with Crippen LogP contribution >= 0.6 is 0 Å². The molecule has 1 aromatic carbocycles. The summed E-state index contributed by atoms with van der Waals surface area (Å²) in [5.41, 5.74) is 23.4. The minimum atomic E-state index is -1.48. The molecule has 0 bridgehead atoms. The maximum Gasteiger partial charge on any atom is 0.326 e. The number of rotatable bonds is 19. The Kier molecular flexibility index (Phi) is 13.4. The molecule has 42 heavy (non-hydrogen) atoms. The van der Waals surface area contributed by atoms with Gasteiger partial charge in [-0.3, -0.25) is 24.0 Å². The fraction of sp³-hybridized carbons (Fsp3) is 0.481. The lowest BCUT2D eigenvalue weighted by Gasteiger charge is -2.25. The molecule has 1 aromatic heterocycles. The van der Waals surface area contributed by atoms with E-state index in [0.29, 0.717) is 31.4 Å². The van der Waals surface area contributed by atoms with E-state index in [0.717, 1.165) is 10.9 Å². The number of para-hydroxylation sites is 1. The first kappa shape index (κ1) is 33.7. The van der Waals surface area contributed by atoms with Gasteiger partial charge in [-0.05, 0) is 43.9 Å². The Morgan fingerprint density at radius 1 is 0.786 bits per heavy atom. The van der Waals surface area contributed by atoms with Crippen LogP contribution in [0, 0.1) is 0 Å². The number of nitrogens with one attached hydrogen (secondary N) is 4. The molecule has 0 saturated heterocycles. The summed E-state index contributed by atoms with van der Waals surface area (Å²) in [5.74, 6) is -5.20. The predicted molar refractivity (Wildman–Crippen MR) is 153 cm³/mol. The van der Waals surface area contributed by atoms with Gasteiger partial charge in [-0.25, -0.2) is 4.79 Å². The van der Waals surface area contributed by atoms with E-state index in [4.69, 9.17) is 22.9 Å². The van der Waals surface area contributed by atoms with Crippen LogP contribution in [-0.2, 0) is 35.2 Å². The van der Waals surface area contributed by atoms with E-state index in [1.165, 1.54) is 0 Å². The number of carboxylic acid groups (broad SMARTS) is 1. The summed E-state index contributed by atoms with van der Waals surface area (Å²) in [7, 11) is 0. The Labute approximate surface area is 242 Å². The van der Waals surface area contributed by atoms with Gasteiger partial charge in [0.2, 0.25) is 29.5 Å². The van der Waals surface area contributed by atoms with E-state index < -0.39 is 59.7 Å². The summed E-state index contributed by atoms with van der Waals surface area (Å²) in [6, 6.07) is 2.38. The number of hydrogen-bond acceptors (Lipinski definition) is 8. The minimum absolute atomic E-state index is 0.0254. The first-order valence-corrected chi connectivity index (χ1v) is 13.6. The number of hydrogen-bond donors (Lipinski definition) is 9. The second kappa shape index (κ2) is 16.7. The number of H-pyrrole nitrogens is 1. The Balaban J connectivity index is 2.29. The monoisotopic (exact) mass is 588 g/mol. The molecule has 5 amide bonds. The maximum atomic E-state index is 13.6. The van der Waals surface area contributed by atoms with Crippen molar-refractivity contribution >= 4 is 46.4 Å². The molecule has 2 rings (SSSR count). The smallest absolute Gasteiger partial charge is 0.326 e.